The molecule has 0 saturated heterocycles. The van der Waals surface area contributed by atoms with E-state index < -0.39 is 0 Å². The number of pyridine rings is 1. The van der Waals surface area contributed by atoms with Crippen LogP contribution in [0, 0.1) is 0 Å². The molecule has 0 aromatic carbocycles. The summed E-state index contributed by atoms with van der Waals surface area (Å²) in [5.41, 5.74) is 8.71. The topological polar surface area (TPSA) is 94.0 Å². The lowest BCUT2D eigenvalue weighted by molar-refractivity contribution is 0.0943. The molecule has 0 bridgehead atoms. The van der Waals surface area contributed by atoms with Crippen molar-refractivity contribution >= 4 is 29.4 Å². The molecule has 144 valence electrons. The highest BCUT2D eigenvalue weighted by atomic mass is 35.5. The Hall–Kier alpha value is -1.66. The van der Waals surface area contributed by atoms with Crippen LogP contribution in [0.15, 0.2) is 10.6 Å². The van der Waals surface area contributed by atoms with Crippen molar-refractivity contribution in [3.63, 3.8) is 0 Å². The number of hydrogen-bond acceptors (Lipinski definition) is 5. The number of carbonyl (C=O) groups excluding carboxylic acids is 1. The molecule has 2 aromatic heterocycles. The second kappa shape index (κ2) is 7.92. The molecule has 0 aliphatic heterocycles. The molecular formula is C19H29ClN4O2. The van der Waals surface area contributed by atoms with Crippen LogP contribution in [0.1, 0.15) is 87.0 Å². The van der Waals surface area contributed by atoms with Crippen molar-refractivity contribution in [1.82, 2.24) is 15.5 Å². The summed E-state index contributed by atoms with van der Waals surface area (Å²) in [7, 11) is 0. The number of nitrogens with zero attached hydrogens (tertiary/aromatic N) is 2. The van der Waals surface area contributed by atoms with Gasteiger partial charge in [0, 0.05) is 23.7 Å². The first-order chi connectivity index (χ1) is 11.9. The summed E-state index contributed by atoms with van der Waals surface area (Å²) in [6.07, 6.45) is 3.85. The van der Waals surface area contributed by atoms with Gasteiger partial charge in [0.1, 0.15) is 0 Å². The molecule has 0 atom stereocenters. The Labute approximate surface area is 160 Å². The first-order valence-corrected chi connectivity index (χ1v) is 9.25. The summed E-state index contributed by atoms with van der Waals surface area (Å²) in [5, 5.41) is 7.90. The zero-order valence-electron chi connectivity index (χ0n) is 16.0. The zero-order valence-corrected chi connectivity index (χ0v) is 16.8. The Bertz CT molecular complexity index is 779. The maximum atomic E-state index is 12.9. The van der Waals surface area contributed by atoms with Gasteiger partial charge >= 0.3 is 0 Å². The molecular weight excluding hydrogens is 352 g/mol. The number of rotatable bonds is 7. The van der Waals surface area contributed by atoms with Crippen molar-refractivity contribution in [1.29, 1.82) is 0 Å². The minimum Gasteiger partial charge on any atom is -0.350 e. The van der Waals surface area contributed by atoms with E-state index in [9.17, 15) is 4.79 Å². The normalized spacial score (nSPS) is 14.5. The predicted octanol–water partition coefficient (Wildman–Crippen LogP) is 3.89. The molecule has 1 amide bonds. The zero-order chi connectivity index (χ0) is 18.2. The van der Waals surface area contributed by atoms with Gasteiger partial charge < -0.3 is 15.6 Å². The first-order valence-electron chi connectivity index (χ1n) is 9.25. The van der Waals surface area contributed by atoms with E-state index in [0.717, 1.165) is 42.5 Å². The van der Waals surface area contributed by atoms with E-state index in [1.807, 2.05) is 33.8 Å². The molecule has 3 N–H and O–H groups in total. The lowest BCUT2D eigenvalue weighted by atomic mass is 9.94. The van der Waals surface area contributed by atoms with E-state index in [1.54, 1.807) is 0 Å². The van der Waals surface area contributed by atoms with Crippen LogP contribution in [0.25, 0.3) is 11.1 Å². The number of hydrogen-bond donors (Lipinski definition) is 2. The molecule has 7 heteroatoms. The second-order valence-corrected chi connectivity index (χ2v) is 7.52. The van der Waals surface area contributed by atoms with Gasteiger partial charge in [-0.05, 0) is 37.7 Å². The van der Waals surface area contributed by atoms with Crippen molar-refractivity contribution < 1.29 is 9.32 Å². The van der Waals surface area contributed by atoms with Crippen molar-refractivity contribution in [2.75, 3.05) is 6.54 Å². The van der Waals surface area contributed by atoms with Gasteiger partial charge in [-0.3, -0.25) is 4.79 Å². The number of aromatic nitrogens is 2. The van der Waals surface area contributed by atoms with E-state index in [4.69, 9.17) is 10.3 Å². The molecule has 0 unspecified atom stereocenters. The SMILES string of the molecule is CCC(N)(CC)CNC(=O)c1cc(C2CC2)nc2onc(C(C)C)c12.Cl. The van der Waals surface area contributed by atoms with Gasteiger partial charge in [-0.25, -0.2) is 4.98 Å². The van der Waals surface area contributed by atoms with Crippen LogP contribution in [0.3, 0.4) is 0 Å². The standard InChI is InChI=1S/C19H28N4O2.ClH/c1-5-19(20,6-2)10-21-17(24)13-9-14(12-7-8-12)22-18-15(13)16(11(3)4)23-25-18;/h9,11-12H,5-8,10,20H2,1-4H3,(H,21,24);1H. The van der Waals surface area contributed by atoms with E-state index in [0.29, 0.717) is 23.7 Å². The molecule has 6 nitrogen and oxygen atoms in total. The van der Waals surface area contributed by atoms with Crippen molar-refractivity contribution in [3.8, 4) is 0 Å². The number of amides is 1. The molecule has 26 heavy (non-hydrogen) atoms. The summed E-state index contributed by atoms with van der Waals surface area (Å²) in [5.74, 6) is 0.459. The van der Waals surface area contributed by atoms with E-state index >= 15 is 0 Å². The molecule has 1 fully saturated rings. The fourth-order valence-electron chi connectivity index (χ4n) is 3.01. The highest BCUT2D eigenvalue weighted by Crippen LogP contribution is 2.41. The van der Waals surface area contributed by atoms with E-state index in [1.165, 1.54) is 0 Å². The second-order valence-electron chi connectivity index (χ2n) is 7.52. The largest absolute Gasteiger partial charge is 0.350 e. The van der Waals surface area contributed by atoms with Gasteiger partial charge in [0.2, 0.25) is 0 Å². The number of nitrogens with two attached hydrogens (primary N) is 1. The van der Waals surface area contributed by atoms with Gasteiger partial charge in [0.05, 0.1) is 16.6 Å². The van der Waals surface area contributed by atoms with Crippen LogP contribution in [-0.4, -0.2) is 28.1 Å². The fourth-order valence-corrected chi connectivity index (χ4v) is 3.01. The maximum absolute atomic E-state index is 12.9. The van der Waals surface area contributed by atoms with Crippen LogP contribution < -0.4 is 11.1 Å². The molecule has 0 spiro atoms. The molecule has 1 saturated carbocycles. The average Bonchev–Trinajstić information content (AvgIpc) is 3.37. The Morgan fingerprint density at radius 1 is 1.38 bits per heavy atom. The molecule has 0 radical (unpaired) electrons. The van der Waals surface area contributed by atoms with E-state index in [2.05, 4.69) is 15.5 Å². The number of halogens is 1. The van der Waals surface area contributed by atoms with Crippen LogP contribution in [0.5, 0.6) is 0 Å². The summed E-state index contributed by atoms with van der Waals surface area (Å²) >= 11 is 0. The third-order valence-electron chi connectivity index (χ3n) is 5.29. The summed E-state index contributed by atoms with van der Waals surface area (Å²) in [6, 6.07) is 1.91. The summed E-state index contributed by atoms with van der Waals surface area (Å²) in [6.45, 7) is 8.61. The van der Waals surface area contributed by atoms with Gasteiger partial charge in [0.15, 0.2) is 0 Å². The fraction of sp³-hybridized carbons (Fsp3) is 0.632. The summed E-state index contributed by atoms with van der Waals surface area (Å²) in [4.78, 5) is 17.5. The Morgan fingerprint density at radius 2 is 2.04 bits per heavy atom. The van der Waals surface area contributed by atoms with Crippen LogP contribution in [0.4, 0.5) is 0 Å². The predicted molar refractivity (Wildman–Crippen MR) is 105 cm³/mol. The van der Waals surface area contributed by atoms with Crippen molar-refractivity contribution in [3.05, 3.63) is 23.0 Å². The monoisotopic (exact) mass is 380 g/mol. The Kier molecular flexibility index (Phi) is 6.29. The van der Waals surface area contributed by atoms with E-state index in [-0.39, 0.29) is 29.8 Å². The minimum atomic E-state index is -0.378. The van der Waals surface area contributed by atoms with Gasteiger partial charge in [-0.1, -0.05) is 32.9 Å². The van der Waals surface area contributed by atoms with Crippen LogP contribution >= 0.6 is 12.4 Å². The maximum Gasteiger partial charge on any atom is 0.259 e. The van der Waals surface area contributed by atoms with Crippen molar-refractivity contribution in [2.24, 2.45) is 5.73 Å². The highest BCUT2D eigenvalue weighted by Gasteiger charge is 2.30. The number of nitrogens with one attached hydrogen (secondary N) is 1. The minimum absolute atomic E-state index is 0. The van der Waals surface area contributed by atoms with Crippen LogP contribution in [0.2, 0.25) is 0 Å². The molecule has 2 heterocycles. The van der Waals surface area contributed by atoms with Gasteiger partial charge in [-0.2, -0.15) is 0 Å². The Morgan fingerprint density at radius 3 is 2.58 bits per heavy atom. The lowest BCUT2D eigenvalue weighted by Crippen LogP contribution is -2.49. The quantitative estimate of drug-likeness (QED) is 0.759. The third kappa shape index (κ3) is 4.01. The smallest absolute Gasteiger partial charge is 0.259 e. The average molecular weight is 381 g/mol. The number of fused-ring (bicyclic) bond motifs is 1. The summed E-state index contributed by atoms with van der Waals surface area (Å²) < 4.78 is 5.44. The van der Waals surface area contributed by atoms with Gasteiger partial charge in [-0.15, -0.1) is 12.4 Å². The molecule has 3 rings (SSSR count). The number of carbonyl (C=O) groups is 1. The third-order valence-corrected chi connectivity index (χ3v) is 5.29. The Balaban J connectivity index is 0.00000243. The van der Waals surface area contributed by atoms with Crippen LogP contribution in [-0.2, 0) is 0 Å². The molecule has 1 aliphatic rings. The first kappa shape index (κ1) is 20.6. The lowest BCUT2D eigenvalue weighted by Gasteiger charge is -2.26. The van der Waals surface area contributed by atoms with Gasteiger partial charge in [0.25, 0.3) is 11.6 Å². The molecule has 1 aliphatic carbocycles. The van der Waals surface area contributed by atoms with Crippen molar-refractivity contribution in [2.45, 2.75) is 70.8 Å². The highest BCUT2D eigenvalue weighted by molar-refractivity contribution is 6.06. The molecule has 2 aromatic rings.